The standard InChI is InChI=1S/C14H15Cl2NO2S/c1-18-12-6-8(5-10(15)14(12)19-2)11(17)7-9-3-4-13(16)20-9/h3-6,11H,7,17H2,1-2H3. The van der Waals surface area contributed by atoms with Gasteiger partial charge in [0.15, 0.2) is 11.5 Å². The first-order valence-corrected chi connectivity index (χ1v) is 7.53. The Labute approximate surface area is 132 Å². The van der Waals surface area contributed by atoms with Crippen LogP contribution in [-0.2, 0) is 6.42 Å². The van der Waals surface area contributed by atoms with Crippen molar-refractivity contribution < 1.29 is 9.47 Å². The quantitative estimate of drug-likeness (QED) is 0.887. The normalized spacial score (nSPS) is 12.2. The van der Waals surface area contributed by atoms with E-state index in [-0.39, 0.29) is 6.04 Å². The van der Waals surface area contributed by atoms with Crippen LogP contribution in [0.15, 0.2) is 24.3 Å². The maximum Gasteiger partial charge on any atom is 0.179 e. The molecule has 1 unspecified atom stereocenters. The van der Waals surface area contributed by atoms with Crippen LogP contribution in [0.3, 0.4) is 0 Å². The molecule has 6 heteroatoms. The van der Waals surface area contributed by atoms with Gasteiger partial charge in [0.1, 0.15) is 0 Å². The van der Waals surface area contributed by atoms with Crippen molar-refractivity contribution in [3.05, 3.63) is 44.1 Å². The van der Waals surface area contributed by atoms with E-state index in [9.17, 15) is 0 Å². The monoisotopic (exact) mass is 331 g/mol. The molecule has 20 heavy (non-hydrogen) atoms. The fraction of sp³-hybridized carbons (Fsp3) is 0.286. The third-order valence-corrected chi connectivity index (χ3v) is 4.47. The molecule has 0 saturated carbocycles. The number of thiophene rings is 1. The molecular weight excluding hydrogens is 317 g/mol. The predicted molar refractivity (Wildman–Crippen MR) is 84.5 cm³/mol. The van der Waals surface area contributed by atoms with Crippen LogP contribution in [0.2, 0.25) is 9.36 Å². The Balaban J connectivity index is 2.25. The lowest BCUT2D eigenvalue weighted by molar-refractivity contribution is 0.354. The van der Waals surface area contributed by atoms with E-state index >= 15 is 0 Å². The number of nitrogens with two attached hydrogens (primary N) is 1. The molecule has 2 N–H and O–H groups in total. The minimum Gasteiger partial charge on any atom is -0.493 e. The molecule has 0 fully saturated rings. The Hall–Kier alpha value is -0.940. The Morgan fingerprint density at radius 3 is 2.50 bits per heavy atom. The Morgan fingerprint density at radius 1 is 1.20 bits per heavy atom. The Kier molecular flexibility index (Phi) is 5.16. The number of ether oxygens (including phenoxy) is 2. The number of hydrogen-bond acceptors (Lipinski definition) is 4. The number of rotatable bonds is 5. The molecule has 0 aliphatic rings. The van der Waals surface area contributed by atoms with Crippen molar-refractivity contribution in [3.63, 3.8) is 0 Å². The van der Waals surface area contributed by atoms with E-state index in [1.165, 1.54) is 11.3 Å². The van der Waals surface area contributed by atoms with Crippen LogP contribution in [0.4, 0.5) is 0 Å². The second-order valence-electron chi connectivity index (χ2n) is 4.25. The lowest BCUT2D eigenvalue weighted by Crippen LogP contribution is -2.13. The van der Waals surface area contributed by atoms with Gasteiger partial charge in [-0.25, -0.2) is 0 Å². The molecular formula is C14H15Cl2NO2S. The minimum absolute atomic E-state index is 0.179. The highest BCUT2D eigenvalue weighted by Crippen LogP contribution is 2.38. The average molecular weight is 332 g/mol. The van der Waals surface area contributed by atoms with Gasteiger partial charge >= 0.3 is 0 Å². The molecule has 0 radical (unpaired) electrons. The molecule has 2 rings (SSSR count). The van der Waals surface area contributed by atoms with Gasteiger partial charge in [-0.1, -0.05) is 23.2 Å². The minimum atomic E-state index is -0.179. The summed E-state index contributed by atoms with van der Waals surface area (Å²) in [7, 11) is 3.12. The van der Waals surface area contributed by atoms with E-state index in [1.54, 1.807) is 14.2 Å². The van der Waals surface area contributed by atoms with Crippen molar-refractivity contribution in [2.75, 3.05) is 14.2 Å². The van der Waals surface area contributed by atoms with Crippen molar-refractivity contribution in [3.8, 4) is 11.5 Å². The van der Waals surface area contributed by atoms with Crippen LogP contribution in [0.1, 0.15) is 16.5 Å². The molecule has 1 aromatic carbocycles. The molecule has 1 heterocycles. The van der Waals surface area contributed by atoms with E-state index in [4.69, 9.17) is 38.4 Å². The van der Waals surface area contributed by atoms with Crippen LogP contribution in [0, 0.1) is 0 Å². The van der Waals surface area contributed by atoms with Crippen LogP contribution < -0.4 is 15.2 Å². The van der Waals surface area contributed by atoms with E-state index in [0.717, 1.165) is 14.8 Å². The molecule has 0 spiro atoms. The van der Waals surface area contributed by atoms with Crippen molar-refractivity contribution >= 4 is 34.5 Å². The summed E-state index contributed by atoms with van der Waals surface area (Å²) in [5, 5.41) is 0.488. The SMILES string of the molecule is COc1cc(C(N)Cc2ccc(Cl)s2)cc(Cl)c1OC. The first-order valence-electron chi connectivity index (χ1n) is 5.96. The molecule has 1 atom stereocenters. The average Bonchev–Trinajstić information content (AvgIpc) is 2.82. The molecule has 108 valence electrons. The smallest absolute Gasteiger partial charge is 0.179 e. The number of hydrogen-bond donors (Lipinski definition) is 1. The maximum atomic E-state index is 6.23. The highest BCUT2D eigenvalue weighted by molar-refractivity contribution is 7.16. The highest BCUT2D eigenvalue weighted by atomic mass is 35.5. The molecule has 1 aromatic heterocycles. The summed E-state index contributed by atoms with van der Waals surface area (Å²) in [4.78, 5) is 1.13. The number of benzene rings is 1. The molecule has 0 aliphatic carbocycles. The lowest BCUT2D eigenvalue weighted by atomic mass is 10.0. The summed E-state index contributed by atoms with van der Waals surface area (Å²) in [5.41, 5.74) is 7.13. The predicted octanol–water partition coefficient (Wildman–Crippen LogP) is 4.31. The first kappa shape index (κ1) is 15.4. The molecule has 0 bridgehead atoms. The van der Waals surface area contributed by atoms with Crippen molar-refractivity contribution in [1.29, 1.82) is 0 Å². The van der Waals surface area contributed by atoms with Crippen LogP contribution in [0.25, 0.3) is 0 Å². The lowest BCUT2D eigenvalue weighted by Gasteiger charge is -2.15. The van der Waals surface area contributed by atoms with Crippen molar-refractivity contribution in [1.82, 2.24) is 0 Å². The summed E-state index contributed by atoms with van der Waals surface area (Å²) in [6.45, 7) is 0. The fourth-order valence-corrected chi connectivity index (χ4v) is 3.39. The Bertz CT molecular complexity index is 601. The van der Waals surface area contributed by atoms with Gasteiger partial charge in [0, 0.05) is 17.3 Å². The zero-order valence-corrected chi connectivity index (χ0v) is 13.5. The van der Waals surface area contributed by atoms with Gasteiger partial charge in [-0.15, -0.1) is 11.3 Å². The second kappa shape index (κ2) is 6.68. The number of halogens is 2. The second-order valence-corrected chi connectivity index (χ2v) is 6.46. The van der Waals surface area contributed by atoms with Crippen LogP contribution in [0.5, 0.6) is 11.5 Å². The molecule has 0 amide bonds. The third-order valence-electron chi connectivity index (χ3n) is 2.93. The zero-order valence-electron chi connectivity index (χ0n) is 11.2. The molecule has 2 aromatic rings. The summed E-state index contributed by atoms with van der Waals surface area (Å²) in [5.74, 6) is 1.10. The van der Waals surface area contributed by atoms with Crippen LogP contribution in [-0.4, -0.2) is 14.2 Å². The summed E-state index contributed by atoms with van der Waals surface area (Å²) in [6.07, 6.45) is 0.698. The van der Waals surface area contributed by atoms with Crippen molar-refractivity contribution in [2.24, 2.45) is 5.73 Å². The molecule has 0 saturated heterocycles. The van der Waals surface area contributed by atoms with E-state index < -0.39 is 0 Å². The third kappa shape index (κ3) is 3.38. The van der Waals surface area contributed by atoms with Gasteiger partial charge in [0.2, 0.25) is 0 Å². The van der Waals surface area contributed by atoms with Gasteiger partial charge < -0.3 is 15.2 Å². The van der Waals surface area contributed by atoms with E-state index in [1.807, 2.05) is 24.3 Å². The zero-order chi connectivity index (χ0) is 14.7. The summed E-state index contributed by atoms with van der Waals surface area (Å²) >= 11 is 13.6. The maximum absolute atomic E-state index is 6.23. The fourth-order valence-electron chi connectivity index (χ4n) is 1.95. The first-order chi connectivity index (χ1) is 9.55. The summed E-state index contributed by atoms with van der Waals surface area (Å²) in [6, 6.07) is 7.33. The topological polar surface area (TPSA) is 44.5 Å². The number of methoxy groups -OCH3 is 2. The Morgan fingerprint density at radius 2 is 1.95 bits per heavy atom. The largest absolute Gasteiger partial charge is 0.493 e. The highest BCUT2D eigenvalue weighted by Gasteiger charge is 2.15. The van der Waals surface area contributed by atoms with Gasteiger partial charge in [-0.2, -0.15) is 0 Å². The van der Waals surface area contributed by atoms with E-state index in [2.05, 4.69) is 0 Å². The van der Waals surface area contributed by atoms with Gasteiger partial charge in [0.05, 0.1) is 23.6 Å². The van der Waals surface area contributed by atoms with Crippen LogP contribution >= 0.6 is 34.5 Å². The molecule has 0 aliphatic heterocycles. The van der Waals surface area contributed by atoms with Gasteiger partial charge in [-0.3, -0.25) is 0 Å². The van der Waals surface area contributed by atoms with Gasteiger partial charge in [-0.05, 0) is 29.8 Å². The van der Waals surface area contributed by atoms with Gasteiger partial charge in [0.25, 0.3) is 0 Å². The van der Waals surface area contributed by atoms with Crippen molar-refractivity contribution in [2.45, 2.75) is 12.5 Å². The summed E-state index contributed by atoms with van der Waals surface area (Å²) < 4.78 is 11.3. The van der Waals surface area contributed by atoms with E-state index in [0.29, 0.717) is 22.9 Å². The molecule has 3 nitrogen and oxygen atoms in total.